The van der Waals surface area contributed by atoms with E-state index in [1.807, 2.05) is 15.7 Å². The number of carbonyl (C=O) groups excluding carboxylic acids is 1. The van der Waals surface area contributed by atoms with Crippen LogP contribution >= 0.6 is 0 Å². The van der Waals surface area contributed by atoms with E-state index in [0.717, 1.165) is 32.5 Å². The monoisotopic (exact) mass is 236 g/mol. The second-order valence-electron chi connectivity index (χ2n) is 4.19. The number of ether oxygens (including phenoxy) is 1. The highest BCUT2D eigenvalue weighted by molar-refractivity contribution is 5.76. The molecular weight excluding hydrogens is 218 g/mol. The third-order valence-corrected chi connectivity index (χ3v) is 2.92. The molecule has 0 aliphatic carbocycles. The molecule has 1 fully saturated rings. The van der Waals surface area contributed by atoms with E-state index in [4.69, 9.17) is 4.74 Å². The molecule has 0 bridgehead atoms. The molecule has 0 N–H and O–H groups in total. The van der Waals surface area contributed by atoms with Gasteiger partial charge in [-0.05, 0) is 12.8 Å². The lowest BCUT2D eigenvalue weighted by Gasteiger charge is -2.26. The van der Waals surface area contributed by atoms with Gasteiger partial charge in [-0.3, -0.25) is 4.79 Å². The summed E-state index contributed by atoms with van der Waals surface area (Å²) in [5, 5.41) is 0. The first kappa shape index (κ1) is 12.1. The number of imidazole rings is 1. The summed E-state index contributed by atoms with van der Waals surface area (Å²) in [4.78, 5) is 17.6. The maximum absolute atomic E-state index is 11.8. The van der Waals surface area contributed by atoms with Crippen molar-refractivity contribution in [2.45, 2.75) is 25.8 Å². The van der Waals surface area contributed by atoms with Gasteiger partial charge in [0, 0.05) is 32.3 Å². The molecule has 0 saturated carbocycles. The van der Waals surface area contributed by atoms with Crippen LogP contribution in [0, 0.1) is 6.20 Å². The van der Waals surface area contributed by atoms with Crippen LogP contribution < -0.4 is 0 Å². The summed E-state index contributed by atoms with van der Waals surface area (Å²) < 4.78 is 7.20. The Labute approximate surface area is 101 Å². The Hall–Kier alpha value is -1.36. The topological polar surface area (TPSA) is 47.4 Å². The molecule has 0 aromatic carbocycles. The van der Waals surface area contributed by atoms with Crippen LogP contribution in [0.1, 0.15) is 19.3 Å². The first-order chi connectivity index (χ1) is 8.36. The van der Waals surface area contributed by atoms with Crippen molar-refractivity contribution in [2.24, 2.45) is 0 Å². The summed E-state index contributed by atoms with van der Waals surface area (Å²) in [5.74, 6) is 0.255. The average Bonchev–Trinajstić information content (AvgIpc) is 2.88. The summed E-state index contributed by atoms with van der Waals surface area (Å²) in [6.45, 7) is 3.75. The minimum absolute atomic E-state index is 0.255. The molecule has 1 aliphatic heterocycles. The normalized spacial score (nSPS) is 16.1. The zero-order chi connectivity index (χ0) is 11.9. The molecule has 2 rings (SSSR count). The molecule has 5 heteroatoms. The van der Waals surface area contributed by atoms with E-state index in [0.29, 0.717) is 19.6 Å². The van der Waals surface area contributed by atoms with Crippen LogP contribution in [0.4, 0.5) is 0 Å². The molecule has 5 nitrogen and oxygen atoms in total. The van der Waals surface area contributed by atoms with Crippen molar-refractivity contribution >= 4 is 5.91 Å². The van der Waals surface area contributed by atoms with Gasteiger partial charge in [0.05, 0.1) is 19.5 Å². The van der Waals surface area contributed by atoms with E-state index in [2.05, 4.69) is 11.2 Å². The highest BCUT2D eigenvalue weighted by Gasteiger charge is 2.15. The van der Waals surface area contributed by atoms with Gasteiger partial charge in [-0.15, -0.1) is 0 Å². The molecule has 17 heavy (non-hydrogen) atoms. The van der Waals surface area contributed by atoms with Gasteiger partial charge in [0.2, 0.25) is 5.91 Å². The van der Waals surface area contributed by atoms with Gasteiger partial charge in [0.15, 0.2) is 0 Å². The van der Waals surface area contributed by atoms with Gasteiger partial charge in [-0.2, -0.15) is 0 Å². The van der Waals surface area contributed by atoms with E-state index >= 15 is 0 Å². The van der Waals surface area contributed by atoms with Gasteiger partial charge >= 0.3 is 0 Å². The van der Waals surface area contributed by atoms with Crippen molar-refractivity contribution in [2.75, 3.05) is 26.3 Å². The van der Waals surface area contributed by atoms with Crippen molar-refractivity contribution in [3.63, 3.8) is 0 Å². The van der Waals surface area contributed by atoms with Crippen LogP contribution in [0.3, 0.4) is 0 Å². The van der Waals surface area contributed by atoms with E-state index < -0.39 is 0 Å². The number of hydrogen-bond donors (Lipinski definition) is 0. The van der Waals surface area contributed by atoms with Crippen LogP contribution in [0.2, 0.25) is 0 Å². The minimum atomic E-state index is 0.255. The van der Waals surface area contributed by atoms with Crippen LogP contribution in [0.15, 0.2) is 12.5 Å². The smallest absolute Gasteiger partial charge is 0.222 e. The van der Waals surface area contributed by atoms with E-state index in [9.17, 15) is 4.79 Å². The number of amides is 1. The molecule has 2 heterocycles. The number of carbonyl (C=O) groups is 1. The second-order valence-corrected chi connectivity index (χ2v) is 4.19. The molecule has 1 aromatic rings. The summed E-state index contributed by atoms with van der Waals surface area (Å²) in [6.07, 6.45) is 8.89. The first-order valence-corrected chi connectivity index (χ1v) is 6.09. The molecule has 1 amide bonds. The molecule has 0 atom stereocenters. The Morgan fingerprint density at radius 1 is 1.35 bits per heavy atom. The number of hydrogen-bond acceptors (Lipinski definition) is 3. The Balaban J connectivity index is 1.59. The second kappa shape index (κ2) is 6.39. The third kappa shape index (κ3) is 3.85. The maximum Gasteiger partial charge on any atom is 0.222 e. The fourth-order valence-corrected chi connectivity index (χ4v) is 1.91. The molecule has 93 valence electrons. The van der Waals surface area contributed by atoms with Crippen molar-refractivity contribution in [3.8, 4) is 0 Å². The maximum atomic E-state index is 11.8. The molecule has 1 saturated heterocycles. The van der Waals surface area contributed by atoms with Crippen LogP contribution in [0.5, 0.6) is 0 Å². The van der Waals surface area contributed by atoms with Crippen molar-refractivity contribution in [1.29, 1.82) is 0 Å². The van der Waals surface area contributed by atoms with Crippen molar-refractivity contribution in [1.82, 2.24) is 14.5 Å². The van der Waals surface area contributed by atoms with Gasteiger partial charge in [0.1, 0.15) is 6.20 Å². The SMILES string of the molecule is O=C(CCCCn1c[c]nc1)N1CCOCC1. The average molecular weight is 236 g/mol. The Morgan fingerprint density at radius 2 is 2.18 bits per heavy atom. The minimum Gasteiger partial charge on any atom is -0.378 e. The molecule has 0 spiro atoms. The number of aryl methyl sites for hydroxylation is 1. The molecule has 1 aromatic heterocycles. The number of rotatable bonds is 5. The van der Waals surface area contributed by atoms with Crippen LogP contribution in [-0.2, 0) is 16.1 Å². The lowest BCUT2D eigenvalue weighted by molar-refractivity contribution is -0.135. The summed E-state index contributed by atoms with van der Waals surface area (Å²) in [5.41, 5.74) is 0. The lowest BCUT2D eigenvalue weighted by atomic mass is 10.2. The van der Waals surface area contributed by atoms with Crippen LogP contribution in [-0.4, -0.2) is 46.7 Å². The standard InChI is InChI=1S/C12H18N3O2/c16-12(15-7-9-17-10-8-15)3-1-2-5-14-6-4-13-11-14/h6,11H,1-3,5,7-10H2. The quantitative estimate of drug-likeness (QED) is 0.707. The Bertz CT molecular complexity index is 332. The van der Waals surface area contributed by atoms with Gasteiger partial charge in [-0.25, -0.2) is 4.98 Å². The van der Waals surface area contributed by atoms with Gasteiger partial charge < -0.3 is 14.2 Å². The van der Waals surface area contributed by atoms with Gasteiger partial charge in [0.25, 0.3) is 0 Å². The predicted octanol–water partition coefficient (Wildman–Crippen LogP) is 0.712. The highest BCUT2D eigenvalue weighted by Crippen LogP contribution is 2.05. The number of unbranched alkanes of at least 4 members (excludes halogenated alkanes) is 1. The number of nitrogens with zero attached hydrogens (tertiary/aromatic N) is 3. The van der Waals surface area contributed by atoms with E-state index in [1.54, 1.807) is 6.33 Å². The number of morpholine rings is 1. The zero-order valence-electron chi connectivity index (χ0n) is 9.97. The van der Waals surface area contributed by atoms with Gasteiger partial charge in [-0.1, -0.05) is 0 Å². The summed E-state index contributed by atoms with van der Waals surface area (Å²) in [7, 11) is 0. The molecular formula is C12H18N3O2. The van der Waals surface area contributed by atoms with Crippen molar-refractivity contribution in [3.05, 3.63) is 18.7 Å². The van der Waals surface area contributed by atoms with E-state index in [-0.39, 0.29) is 5.91 Å². The fourth-order valence-electron chi connectivity index (χ4n) is 1.91. The van der Waals surface area contributed by atoms with E-state index in [1.165, 1.54) is 0 Å². The number of aromatic nitrogens is 2. The fraction of sp³-hybridized carbons (Fsp3) is 0.667. The molecule has 1 aliphatic rings. The Morgan fingerprint density at radius 3 is 2.88 bits per heavy atom. The molecule has 1 radical (unpaired) electrons. The van der Waals surface area contributed by atoms with Crippen LogP contribution in [0.25, 0.3) is 0 Å². The zero-order valence-corrected chi connectivity index (χ0v) is 9.97. The van der Waals surface area contributed by atoms with Crippen molar-refractivity contribution < 1.29 is 9.53 Å². The first-order valence-electron chi connectivity index (χ1n) is 6.09. The molecule has 0 unspecified atom stereocenters. The third-order valence-electron chi connectivity index (χ3n) is 2.92. The lowest BCUT2D eigenvalue weighted by Crippen LogP contribution is -2.40. The Kier molecular flexibility index (Phi) is 4.55. The summed E-state index contributed by atoms with van der Waals surface area (Å²) >= 11 is 0. The largest absolute Gasteiger partial charge is 0.378 e. The summed E-state index contributed by atoms with van der Waals surface area (Å²) in [6, 6.07) is 0. The predicted molar refractivity (Wildman–Crippen MR) is 62.3 cm³/mol. The highest BCUT2D eigenvalue weighted by atomic mass is 16.5.